The van der Waals surface area contributed by atoms with E-state index in [0.717, 1.165) is 16.7 Å². The average molecular weight is 338 g/mol. The van der Waals surface area contributed by atoms with Crippen molar-refractivity contribution < 1.29 is 14.3 Å². The third kappa shape index (κ3) is 3.09. The topological polar surface area (TPSA) is 58.6 Å². The monoisotopic (exact) mass is 338 g/mol. The summed E-state index contributed by atoms with van der Waals surface area (Å²) in [6.45, 7) is 5.81. The van der Waals surface area contributed by atoms with E-state index in [9.17, 15) is 9.59 Å². The van der Waals surface area contributed by atoms with Crippen LogP contribution in [-0.2, 0) is 16.1 Å². The van der Waals surface area contributed by atoms with Crippen molar-refractivity contribution in [3.8, 4) is 5.75 Å². The fourth-order valence-electron chi connectivity index (χ4n) is 2.87. The predicted octanol–water partition coefficient (Wildman–Crippen LogP) is 2.73. The van der Waals surface area contributed by atoms with Crippen molar-refractivity contribution in [3.63, 3.8) is 0 Å². The number of likely N-dealkylation sites (N-methyl/N-ethyl adjacent to an activating group) is 1. The molecule has 5 nitrogen and oxygen atoms in total. The van der Waals surface area contributed by atoms with Crippen molar-refractivity contribution in [1.82, 2.24) is 5.32 Å². The Morgan fingerprint density at radius 1 is 1.12 bits per heavy atom. The maximum Gasteiger partial charge on any atom is 0.280 e. The Hall–Kier alpha value is -2.82. The number of rotatable bonds is 3. The van der Waals surface area contributed by atoms with E-state index in [1.54, 1.807) is 13.1 Å². The van der Waals surface area contributed by atoms with E-state index < -0.39 is 11.5 Å². The quantitative estimate of drug-likeness (QED) is 0.876. The fourth-order valence-corrected chi connectivity index (χ4v) is 2.87. The van der Waals surface area contributed by atoms with Crippen molar-refractivity contribution in [1.29, 1.82) is 0 Å². The minimum absolute atomic E-state index is 0.343. The molecule has 1 heterocycles. The molecule has 3 rings (SSSR count). The molecule has 5 heteroatoms. The van der Waals surface area contributed by atoms with Crippen LogP contribution in [0.5, 0.6) is 5.75 Å². The van der Waals surface area contributed by atoms with E-state index >= 15 is 0 Å². The van der Waals surface area contributed by atoms with Crippen LogP contribution in [0, 0.1) is 13.8 Å². The lowest BCUT2D eigenvalue weighted by Gasteiger charge is -2.38. The minimum atomic E-state index is -1.58. The average Bonchev–Trinajstić information content (AvgIpc) is 2.60. The van der Waals surface area contributed by atoms with E-state index in [0.29, 0.717) is 18.0 Å². The molecule has 0 bridgehead atoms. The second-order valence-electron chi connectivity index (χ2n) is 6.64. The normalized spacial score (nSPS) is 19.2. The van der Waals surface area contributed by atoms with Gasteiger partial charge < -0.3 is 15.0 Å². The SMILES string of the molecule is Cc1ccc(CNC(=O)C2(C)Oc3ccc(C)cc3N(C)C2=O)cc1. The number of fused-ring (bicyclic) bond motifs is 1. The van der Waals surface area contributed by atoms with Crippen molar-refractivity contribution in [3.05, 3.63) is 59.2 Å². The molecule has 0 fully saturated rings. The summed E-state index contributed by atoms with van der Waals surface area (Å²) in [4.78, 5) is 27.0. The molecule has 25 heavy (non-hydrogen) atoms. The Morgan fingerprint density at radius 2 is 1.76 bits per heavy atom. The van der Waals surface area contributed by atoms with Gasteiger partial charge in [-0.05, 0) is 44.0 Å². The number of nitrogens with one attached hydrogen (secondary N) is 1. The summed E-state index contributed by atoms with van der Waals surface area (Å²) < 4.78 is 5.82. The molecular formula is C20H22N2O3. The molecule has 2 aromatic carbocycles. The molecule has 0 aromatic heterocycles. The molecule has 130 valence electrons. The van der Waals surface area contributed by atoms with Gasteiger partial charge in [0.25, 0.3) is 17.4 Å². The highest BCUT2D eigenvalue weighted by Crippen LogP contribution is 2.37. The highest BCUT2D eigenvalue weighted by Gasteiger charge is 2.49. The first-order chi connectivity index (χ1) is 11.8. The zero-order chi connectivity index (χ0) is 18.2. The van der Waals surface area contributed by atoms with E-state index in [1.807, 2.05) is 50.2 Å². The molecule has 2 amide bonds. The summed E-state index contributed by atoms with van der Waals surface area (Å²) in [6, 6.07) is 13.4. The Kier molecular flexibility index (Phi) is 4.25. The van der Waals surface area contributed by atoms with Crippen molar-refractivity contribution >= 4 is 17.5 Å². The standard InChI is InChI=1S/C20H22N2O3/c1-13-5-8-15(9-6-13)12-21-18(23)20(3)19(24)22(4)16-11-14(2)7-10-17(16)25-20/h5-11H,12H2,1-4H3,(H,21,23). The van der Waals surface area contributed by atoms with Gasteiger partial charge in [0.2, 0.25) is 0 Å². The van der Waals surface area contributed by atoms with Gasteiger partial charge in [-0.25, -0.2) is 0 Å². The maximum absolute atomic E-state index is 12.8. The number of aryl methyl sites for hydroxylation is 2. The van der Waals surface area contributed by atoms with Gasteiger partial charge in [-0.2, -0.15) is 0 Å². The second kappa shape index (κ2) is 6.24. The number of amides is 2. The lowest BCUT2D eigenvalue weighted by atomic mass is 9.99. The first kappa shape index (κ1) is 17.0. The molecule has 0 spiro atoms. The predicted molar refractivity (Wildman–Crippen MR) is 96.6 cm³/mol. The Morgan fingerprint density at radius 3 is 2.44 bits per heavy atom. The summed E-state index contributed by atoms with van der Waals surface area (Å²) in [6.07, 6.45) is 0. The summed E-state index contributed by atoms with van der Waals surface area (Å²) >= 11 is 0. The second-order valence-corrected chi connectivity index (χ2v) is 6.64. The zero-order valence-corrected chi connectivity index (χ0v) is 14.9. The zero-order valence-electron chi connectivity index (χ0n) is 14.9. The van der Waals surface area contributed by atoms with Gasteiger partial charge in [0.1, 0.15) is 5.75 Å². The third-order valence-corrected chi connectivity index (χ3v) is 4.51. The number of hydrogen-bond acceptors (Lipinski definition) is 3. The van der Waals surface area contributed by atoms with Crippen LogP contribution in [0.15, 0.2) is 42.5 Å². The van der Waals surface area contributed by atoms with E-state index in [1.165, 1.54) is 11.8 Å². The first-order valence-electron chi connectivity index (χ1n) is 8.23. The number of nitrogens with zero attached hydrogens (tertiary/aromatic N) is 1. The van der Waals surface area contributed by atoms with Crippen LogP contribution < -0.4 is 15.0 Å². The van der Waals surface area contributed by atoms with Crippen LogP contribution in [0.25, 0.3) is 0 Å². The Balaban J connectivity index is 1.80. The number of carbonyl (C=O) groups excluding carboxylic acids is 2. The minimum Gasteiger partial charge on any atom is -0.466 e. The molecule has 1 aliphatic heterocycles. The third-order valence-electron chi connectivity index (χ3n) is 4.51. The molecule has 0 saturated carbocycles. The smallest absolute Gasteiger partial charge is 0.280 e. The maximum atomic E-state index is 12.8. The Labute approximate surface area is 147 Å². The number of benzene rings is 2. The van der Waals surface area contributed by atoms with Crippen molar-refractivity contribution in [2.45, 2.75) is 32.9 Å². The lowest BCUT2D eigenvalue weighted by molar-refractivity contribution is -0.148. The van der Waals surface area contributed by atoms with E-state index in [4.69, 9.17) is 4.74 Å². The number of hydrogen-bond donors (Lipinski definition) is 1. The molecule has 1 atom stereocenters. The van der Waals surface area contributed by atoms with Crippen LogP contribution in [-0.4, -0.2) is 24.5 Å². The van der Waals surface area contributed by atoms with E-state index in [-0.39, 0.29) is 5.91 Å². The van der Waals surface area contributed by atoms with Gasteiger partial charge in [0, 0.05) is 13.6 Å². The Bertz CT molecular complexity index is 829. The summed E-state index contributed by atoms with van der Waals surface area (Å²) in [7, 11) is 1.66. The van der Waals surface area contributed by atoms with Gasteiger partial charge in [-0.15, -0.1) is 0 Å². The largest absolute Gasteiger partial charge is 0.466 e. The van der Waals surface area contributed by atoms with Gasteiger partial charge in [-0.1, -0.05) is 35.9 Å². The van der Waals surface area contributed by atoms with Gasteiger partial charge in [0.05, 0.1) is 5.69 Å². The number of anilines is 1. The van der Waals surface area contributed by atoms with Crippen LogP contribution in [0.3, 0.4) is 0 Å². The van der Waals surface area contributed by atoms with Crippen LogP contribution in [0.1, 0.15) is 23.6 Å². The molecule has 0 radical (unpaired) electrons. The lowest BCUT2D eigenvalue weighted by Crippen LogP contribution is -2.61. The highest BCUT2D eigenvalue weighted by molar-refractivity contribution is 6.16. The van der Waals surface area contributed by atoms with Gasteiger partial charge >= 0.3 is 0 Å². The van der Waals surface area contributed by atoms with Gasteiger partial charge in [-0.3, -0.25) is 9.59 Å². The molecule has 0 saturated heterocycles. The van der Waals surface area contributed by atoms with Gasteiger partial charge in [0.15, 0.2) is 0 Å². The summed E-state index contributed by atoms with van der Waals surface area (Å²) in [5.74, 6) is -0.302. The van der Waals surface area contributed by atoms with Crippen LogP contribution >= 0.6 is 0 Å². The molecule has 1 N–H and O–H groups in total. The molecule has 2 aromatic rings. The molecule has 1 aliphatic rings. The van der Waals surface area contributed by atoms with Crippen LogP contribution in [0.4, 0.5) is 5.69 Å². The van der Waals surface area contributed by atoms with Crippen molar-refractivity contribution in [2.75, 3.05) is 11.9 Å². The number of ether oxygens (including phenoxy) is 1. The van der Waals surface area contributed by atoms with Crippen LogP contribution in [0.2, 0.25) is 0 Å². The summed E-state index contributed by atoms with van der Waals surface area (Å²) in [5.41, 5.74) is 2.24. The van der Waals surface area contributed by atoms with Crippen molar-refractivity contribution in [2.24, 2.45) is 0 Å². The highest BCUT2D eigenvalue weighted by atomic mass is 16.5. The fraction of sp³-hybridized carbons (Fsp3) is 0.300. The van der Waals surface area contributed by atoms with E-state index in [2.05, 4.69) is 5.32 Å². The summed E-state index contributed by atoms with van der Waals surface area (Å²) in [5, 5.41) is 2.81. The molecular weight excluding hydrogens is 316 g/mol. The molecule has 1 unspecified atom stereocenters. The number of carbonyl (C=O) groups is 2. The molecule has 0 aliphatic carbocycles. The first-order valence-corrected chi connectivity index (χ1v) is 8.23.